The number of amides is 5. The van der Waals surface area contributed by atoms with Crippen molar-refractivity contribution in [3.05, 3.63) is 90.3 Å². The standard InChI is InChI=1S/C43H54N10O9S/c1-4-23(2)37(53-38(56)29(44)17-26-21-45-22-48-26)42(60)49-32(13-14-63-3)39(57)51-34(18-36(54)55)41(59)50-33(15-24-19-46-30-11-7-5-9-27(24)30)40(58)52-35(43(61)62)16-25-20-47-31-12-8-6-10-28(25)31/h5-12,19-23,29,32-35,37,46-47H,4,13-18,44H2,1-3H3,(H,45,48)(H,49,60)(H,50,59)(H,51,57)(H,52,58)(H,53,56)(H,54,55)(H,61,62)/t23-,29-,32-,33-,34-,35-,37-/m0/s1. The molecule has 20 heteroatoms. The molecule has 3 aromatic heterocycles. The number of rotatable bonds is 24. The molecule has 0 fully saturated rings. The lowest BCUT2D eigenvalue weighted by Crippen LogP contribution is -2.60. The number of hydrogen-bond acceptors (Lipinski definition) is 10. The van der Waals surface area contributed by atoms with E-state index in [1.165, 1.54) is 24.3 Å². The number of para-hydroxylation sites is 2. The van der Waals surface area contributed by atoms with Crippen LogP contribution in [0, 0.1) is 5.92 Å². The number of nitrogens with two attached hydrogens (primary N) is 1. The Morgan fingerprint density at radius 1 is 0.698 bits per heavy atom. The summed E-state index contributed by atoms with van der Waals surface area (Å²) in [6.45, 7) is 3.57. The van der Waals surface area contributed by atoms with E-state index in [9.17, 15) is 43.8 Å². The van der Waals surface area contributed by atoms with Gasteiger partial charge in [-0.1, -0.05) is 56.7 Å². The zero-order valence-corrected chi connectivity index (χ0v) is 35.9. The maximum absolute atomic E-state index is 14.1. The SMILES string of the molecule is CC[C@H](C)[C@H](NC(=O)[C@@H](N)Cc1cnc[nH]1)C(=O)N[C@@H](CCSC)C(=O)N[C@@H](CC(=O)O)C(=O)N[C@@H](Cc1c[nH]c2ccccc12)C(=O)N[C@@H](Cc1c[nH]c2ccccc12)C(=O)O. The third-order valence-electron chi connectivity index (χ3n) is 10.8. The minimum atomic E-state index is -1.74. The zero-order chi connectivity index (χ0) is 45.6. The zero-order valence-electron chi connectivity index (χ0n) is 35.1. The molecule has 0 bridgehead atoms. The molecule has 0 saturated heterocycles. The number of nitrogens with one attached hydrogen (secondary N) is 8. The summed E-state index contributed by atoms with van der Waals surface area (Å²) in [4.78, 5) is 107. The smallest absolute Gasteiger partial charge is 0.326 e. The maximum atomic E-state index is 14.1. The van der Waals surface area contributed by atoms with E-state index in [0.717, 1.165) is 21.8 Å². The van der Waals surface area contributed by atoms with Crippen LogP contribution in [0.3, 0.4) is 0 Å². The van der Waals surface area contributed by atoms with Gasteiger partial charge in [0, 0.05) is 65.4 Å². The highest BCUT2D eigenvalue weighted by Crippen LogP contribution is 2.21. The van der Waals surface area contributed by atoms with Gasteiger partial charge in [-0.3, -0.25) is 28.8 Å². The number of imidazole rings is 1. The summed E-state index contributed by atoms with van der Waals surface area (Å²) in [5.41, 5.74) is 9.50. The molecule has 3 heterocycles. The van der Waals surface area contributed by atoms with Crippen LogP contribution in [0.25, 0.3) is 21.8 Å². The number of thioether (sulfide) groups is 1. The molecule has 0 aliphatic heterocycles. The third kappa shape index (κ3) is 12.9. The van der Waals surface area contributed by atoms with E-state index in [0.29, 0.717) is 29.0 Å². The number of H-pyrrole nitrogens is 3. The van der Waals surface area contributed by atoms with E-state index in [1.807, 2.05) is 37.3 Å². The maximum Gasteiger partial charge on any atom is 0.326 e. The highest BCUT2D eigenvalue weighted by molar-refractivity contribution is 7.98. The molecule has 0 unspecified atom stereocenters. The minimum Gasteiger partial charge on any atom is -0.481 e. The van der Waals surface area contributed by atoms with Crippen molar-refractivity contribution in [2.45, 2.75) is 88.6 Å². The van der Waals surface area contributed by atoms with E-state index >= 15 is 0 Å². The topological polar surface area (TPSA) is 306 Å². The second-order valence-electron chi connectivity index (χ2n) is 15.3. The number of nitrogens with zero attached hydrogens (tertiary/aromatic N) is 1. The second-order valence-corrected chi connectivity index (χ2v) is 16.3. The molecule has 0 aliphatic carbocycles. The number of carboxylic acid groups (broad SMARTS) is 2. The molecule has 63 heavy (non-hydrogen) atoms. The molecule has 0 radical (unpaired) electrons. The number of aromatic nitrogens is 4. The molecule has 19 nitrogen and oxygen atoms in total. The van der Waals surface area contributed by atoms with Crippen LogP contribution in [-0.2, 0) is 52.8 Å². The monoisotopic (exact) mass is 886 g/mol. The Labute approximate surface area is 366 Å². The molecular formula is C43H54N10O9S. The molecule has 12 N–H and O–H groups in total. The number of aliphatic carboxylic acids is 2. The van der Waals surface area contributed by atoms with E-state index < -0.39 is 90.1 Å². The fourth-order valence-electron chi connectivity index (χ4n) is 7.11. The summed E-state index contributed by atoms with van der Waals surface area (Å²) in [7, 11) is 0. The molecule has 0 aliphatic rings. The average Bonchev–Trinajstić information content (AvgIpc) is 4.03. The molecule has 0 saturated carbocycles. The van der Waals surface area contributed by atoms with Crippen molar-refractivity contribution in [2.24, 2.45) is 11.7 Å². The molecule has 336 valence electrons. The van der Waals surface area contributed by atoms with Gasteiger partial charge in [0.15, 0.2) is 0 Å². The minimum absolute atomic E-state index is 0.0687. The van der Waals surface area contributed by atoms with E-state index in [4.69, 9.17) is 5.73 Å². The van der Waals surface area contributed by atoms with Gasteiger partial charge in [0.05, 0.1) is 18.8 Å². The predicted octanol–water partition coefficient (Wildman–Crippen LogP) is 1.51. The fraction of sp³-hybridized carbons (Fsp3) is 0.395. The molecule has 5 aromatic rings. The number of benzene rings is 2. The number of fused-ring (bicyclic) bond motifs is 2. The van der Waals surface area contributed by atoms with Crippen LogP contribution in [-0.4, -0.2) is 120 Å². The van der Waals surface area contributed by atoms with E-state index in [1.54, 1.807) is 43.8 Å². The van der Waals surface area contributed by atoms with Crippen molar-refractivity contribution in [3.8, 4) is 0 Å². The number of hydrogen-bond donors (Lipinski definition) is 11. The van der Waals surface area contributed by atoms with Crippen LogP contribution >= 0.6 is 11.8 Å². The van der Waals surface area contributed by atoms with Gasteiger partial charge >= 0.3 is 11.9 Å². The number of carboxylic acids is 2. The van der Waals surface area contributed by atoms with Crippen molar-refractivity contribution in [2.75, 3.05) is 12.0 Å². The fourth-order valence-corrected chi connectivity index (χ4v) is 7.58. The normalized spacial score (nSPS) is 14.7. The van der Waals surface area contributed by atoms with Gasteiger partial charge in [0.2, 0.25) is 29.5 Å². The quantitative estimate of drug-likeness (QED) is 0.0420. The van der Waals surface area contributed by atoms with E-state index in [-0.39, 0.29) is 25.7 Å². The first-order valence-electron chi connectivity index (χ1n) is 20.5. The first-order chi connectivity index (χ1) is 30.2. The second kappa shape index (κ2) is 22.4. The molecule has 0 spiro atoms. The summed E-state index contributed by atoms with van der Waals surface area (Å²) < 4.78 is 0. The van der Waals surface area contributed by atoms with Crippen molar-refractivity contribution >= 4 is 75.0 Å². The van der Waals surface area contributed by atoms with Gasteiger partial charge < -0.3 is 57.5 Å². The summed E-state index contributed by atoms with van der Waals surface area (Å²) in [5.74, 6) is -6.89. The van der Waals surface area contributed by atoms with Crippen molar-refractivity contribution < 1.29 is 43.8 Å². The summed E-state index contributed by atoms with van der Waals surface area (Å²) in [5, 5.41) is 34.6. The number of carbonyl (C=O) groups is 7. The number of carbonyl (C=O) groups excluding carboxylic acids is 5. The molecule has 5 rings (SSSR count). The molecule has 2 aromatic carbocycles. The van der Waals surface area contributed by atoms with Crippen LogP contribution in [0.2, 0.25) is 0 Å². The lowest BCUT2D eigenvalue weighted by atomic mass is 9.97. The van der Waals surface area contributed by atoms with Gasteiger partial charge in [-0.15, -0.1) is 0 Å². The van der Waals surface area contributed by atoms with Crippen molar-refractivity contribution in [1.29, 1.82) is 0 Å². The summed E-state index contributed by atoms with van der Waals surface area (Å²) in [6.07, 6.45) is 7.60. The Kier molecular flexibility index (Phi) is 16.9. The van der Waals surface area contributed by atoms with Crippen molar-refractivity contribution in [3.63, 3.8) is 0 Å². The van der Waals surface area contributed by atoms with Gasteiger partial charge in [-0.05, 0) is 47.6 Å². The third-order valence-corrected chi connectivity index (χ3v) is 11.5. The Morgan fingerprint density at radius 2 is 1.24 bits per heavy atom. The van der Waals surface area contributed by atoms with Crippen molar-refractivity contribution in [1.82, 2.24) is 46.5 Å². The first-order valence-corrected chi connectivity index (χ1v) is 21.9. The summed E-state index contributed by atoms with van der Waals surface area (Å²) in [6, 6.07) is 6.48. The molecule has 5 amide bonds. The Bertz CT molecular complexity index is 2380. The highest BCUT2D eigenvalue weighted by atomic mass is 32.2. The summed E-state index contributed by atoms with van der Waals surface area (Å²) >= 11 is 1.38. The van der Waals surface area contributed by atoms with Crippen LogP contribution in [0.1, 0.15) is 49.9 Å². The first kappa shape index (κ1) is 47.4. The lowest BCUT2D eigenvalue weighted by Gasteiger charge is -2.28. The largest absolute Gasteiger partial charge is 0.481 e. The Balaban J connectivity index is 1.35. The van der Waals surface area contributed by atoms with Crippen LogP contribution < -0.4 is 32.3 Å². The van der Waals surface area contributed by atoms with Gasteiger partial charge in [0.25, 0.3) is 0 Å². The molecular weight excluding hydrogens is 833 g/mol. The van der Waals surface area contributed by atoms with E-state index in [2.05, 4.69) is 46.5 Å². The molecule has 7 atom stereocenters. The average molecular weight is 887 g/mol. The highest BCUT2D eigenvalue weighted by Gasteiger charge is 2.35. The predicted molar refractivity (Wildman–Crippen MR) is 236 cm³/mol. The van der Waals surface area contributed by atoms with Crippen LogP contribution in [0.15, 0.2) is 73.4 Å². The van der Waals surface area contributed by atoms with Gasteiger partial charge in [-0.2, -0.15) is 11.8 Å². The Hall–Kier alpha value is -6.67. The lowest BCUT2D eigenvalue weighted by molar-refractivity contribution is -0.143. The van der Waals surface area contributed by atoms with Crippen LogP contribution in [0.4, 0.5) is 0 Å². The number of aromatic amines is 3. The Morgan fingerprint density at radius 3 is 1.79 bits per heavy atom. The van der Waals surface area contributed by atoms with Crippen LogP contribution in [0.5, 0.6) is 0 Å². The van der Waals surface area contributed by atoms with Gasteiger partial charge in [-0.25, -0.2) is 9.78 Å². The van der Waals surface area contributed by atoms with Gasteiger partial charge in [0.1, 0.15) is 30.2 Å².